The Morgan fingerprint density at radius 1 is 1.24 bits per heavy atom. The Balaban J connectivity index is 2.03. The van der Waals surface area contributed by atoms with Gasteiger partial charge in [0.1, 0.15) is 11.0 Å². The van der Waals surface area contributed by atoms with Crippen LogP contribution in [0.15, 0.2) is 36.8 Å². The highest BCUT2D eigenvalue weighted by molar-refractivity contribution is 6.02. The summed E-state index contributed by atoms with van der Waals surface area (Å²) in [6.07, 6.45) is 5.70. The lowest BCUT2D eigenvalue weighted by Gasteiger charge is -1.98. The van der Waals surface area contributed by atoms with Crippen molar-refractivity contribution in [2.45, 2.75) is 6.54 Å². The molecule has 0 radical (unpaired) electrons. The molecule has 0 fully saturated rings. The number of aromatic nitrogens is 5. The standard InChI is InChI=1S/C16H14N5/c1-19-12-4-3-6-18-13(12)14-16(19)20(2)15-11-5-7-17-8-10(11)9-21(14)15/h3-8H,9H2,1-2H3/q+1. The van der Waals surface area contributed by atoms with Crippen LogP contribution in [0.1, 0.15) is 5.56 Å². The van der Waals surface area contributed by atoms with Gasteiger partial charge in [-0.25, -0.2) is 14.1 Å². The fourth-order valence-corrected chi connectivity index (χ4v) is 3.67. The van der Waals surface area contributed by atoms with E-state index in [4.69, 9.17) is 0 Å². The van der Waals surface area contributed by atoms with Crippen LogP contribution in [0.3, 0.4) is 0 Å². The molecule has 0 amide bonds. The maximum Gasteiger partial charge on any atom is 0.270 e. The van der Waals surface area contributed by atoms with E-state index in [0.29, 0.717) is 0 Å². The summed E-state index contributed by atoms with van der Waals surface area (Å²) >= 11 is 0. The van der Waals surface area contributed by atoms with Crippen LogP contribution in [-0.4, -0.2) is 19.1 Å². The summed E-state index contributed by atoms with van der Waals surface area (Å²) in [5.41, 5.74) is 7.20. The largest absolute Gasteiger partial charge is 0.270 e. The van der Waals surface area contributed by atoms with Gasteiger partial charge in [0, 0.05) is 24.2 Å². The number of imidazole rings is 1. The van der Waals surface area contributed by atoms with Crippen LogP contribution in [-0.2, 0) is 20.6 Å². The van der Waals surface area contributed by atoms with E-state index in [9.17, 15) is 0 Å². The van der Waals surface area contributed by atoms with Crippen LogP contribution in [0, 0.1) is 0 Å². The maximum atomic E-state index is 4.61. The first kappa shape index (κ1) is 11.0. The van der Waals surface area contributed by atoms with Crippen LogP contribution < -0.4 is 4.57 Å². The van der Waals surface area contributed by atoms with Crippen LogP contribution in [0.2, 0.25) is 0 Å². The third-order valence-corrected chi connectivity index (χ3v) is 4.54. The van der Waals surface area contributed by atoms with E-state index in [1.165, 1.54) is 33.6 Å². The van der Waals surface area contributed by atoms with Gasteiger partial charge in [0.25, 0.3) is 5.65 Å². The molecular formula is C16H14N5+. The molecule has 5 heterocycles. The SMILES string of the molecule is Cn1c2cccnc2c2c1[n+](C)c1n2Cc2cnccc2-1. The number of aryl methyl sites for hydroxylation is 2. The Kier molecular flexibility index (Phi) is 1.83. The Morgan fingerprint density at radius 2 is 2.14 bits per heavy atom. The molecule has 1 aliphatic rings. The number of hydrogen-bond donors (Lipinski definition) is 0. The molecule has 0 spiro atoms. The monoisotopic (exact) mass is 276 g/mol. The molecule has 0 aliphatic carbocycles. The van der Waals surface area contributed by atoms with Gasteiger partial charge >= 0.3 is 0 Å². The van der Waals surface area contributed by atoms with Crippen LogP contribution in [0.25, 0.3) is 33.6 Å². The fourth-order valence-electron chi connectivity index (χ4n) is 3.67. The summed E-state index contributed by atoms with van der Waals surface area (Å²) in [5, 5.41) is 0. The molecule has 0 saturated carbocycles. The molecule has 0 saturated heterocycles. The van der Waals surface area contributed by atoms with Crippen molar-refractivity contribution >= 4 is 22.2 Å². The summed E-state index contributed by atoms with van der Waals surface area (Å²) in [4.78, 5) is 8.87. The number of rotatable bonds is 0. The predicted octanol–water partition coefficient (Wildman–Crippen LogP) is 1.78. The van der Waals surface area contributed by atoms with Crippen LogP contribution in [0.5, 0.6) is 0 Å². The van der Waals surface area contributed by atoms with E-state index in [-0.39, 0.29) is 0 Å². The molecule has 4 aromatic rings. The molecular weight excluding hydrogens is 262 g/mol. The molecule has 4 aromatic heterocycles. The molecule has 5 nitrogen and oxygen atoms in total. The number of hydrogen-bond acceptors (Lipinski definition) is 2. The van der Waals surface area contributed by atoms with Crippen LogP contribution in [0.4, 0.5) is 0 Å². The van der Waals surface area contributed by atoms with Crippen molar-refractivity contribution in [1.29, 1.82) is 0 Å². The third kappa shape index (κ3) is 1.15. The molecule has 0 aromatic carbocycles. The molecule has 1 aliphatic heterocycles. The van der Waals surface area contributed by atoms with Gasteiger partial charge in [0.05, 0.1) is 26.2 Å². The molecule has 0 atom stereocenters. The lowest BCUT2D eigenvalue weighted by molar-refractivity contribution is -0.636. The van der Waals surface area contributed by atoms with Gasteiger partial charge in [0.2, 0.25) is 11.3 Å². The highest BCUT2D eigenvalue weighted by atomic mass is 15.2. The second-order valence-corrected chi connectivity index (χ2v) is 5.60. The zero-order chi connectivity index (χ0) is 14.1. The van der Waals surface area contributed by atoms with E-state index in [0.717, 1.165) is 12.1 Å². The first-order valence-corrected chi connectivity index (χ1v) is 7.02. The van der Waals surface area contributed by atoms with Crippen molar-refractivity contribution in [3.63, 3.8) is 0 Å². The Morgan fingerprint density at radius 3 is 3.05 bits per heavy atom. The van der Waals surface area contributed by atoms with E-state index in [2.05, 4.69) is 49.9 Å². The fraction of sp³-hybridized carbons (Fsp3) is 0.188. The van der Waals surface area contributed by atoms with Crippen molar-refractivity contribution in [3.05, 3.63) is 42.4 Å². The molecule has 5 rings (SSSR count). The van der Waals surface area contributed by atoms with Gasteiger partial charge in [-0.2, -0.15) is 0 Å². The normalized spacial score (nSPS) is 13.0. The second-order valence-electron chi connectivity index (χ2n) is 5.60. The molecule has 21 heavy (non-hydrogen) atoms. The minimum absolute atomic E-state index is 0.867. The van der Waals surface area contributed by atoms with Gasteiger partial charge in [-0.15, -0.1) is 0 Å². The zero-order valence-electron chi connectivity index (χ0n) is 11.9. The van der Waals surface area contributed by atoms with Gasteiger partial charge < -0.3 is 0 Å². The summed E-state index contributed by atoms with van der Waals surface area (Å²) in [6.45, 7) is 0.867. The topological polar surface area (TPSA) is 39.5 Å². The number of nitrogens with zero attached hydrogens (tertiary/aromatic N) is 5. The van der Waals surface area contributed by atoms with E-state index < -0.39 is 0 Å². The molecule has 0 unspecified atom stereocenters. The van der Waals surface area contributed by atoms with E-state index in [1.54, 1.807) is 0 Å². The minimum Gasteiger partial charge on any atom is -0.264 e. The summed E-state index contributed by atoms with van der Waals surface area (Å²) in [5.74, 6) is 1.24. The minimum atomic E-state index is 0.867. The first-order valence-electron chi connectivity index (χ1n) is 7.02. The number of fused-ring (bicyclic) bond motifs is 7. The quantitative estimate of drug-likeness (QED) is 0.404. The van der Waals surface area contributed by atoms with Gasteiger partial charge in [0.15, 0.2) is 0 Å². The number of pyridine rings is 2. The Labute approximate surface area is 121 Å². The maximum absolute atomic E-state index is 4.61. The average Bonchev–Trinajstić information content (AvgIpc) is 3.11. The lowest BCUT2D eigenvalue weighted by Crippen LogP contribution is -2.31. The van der Waals surface area contributed by atoms with Crippen molar-refractivity contribution in [2.24, 2.45) is 14.1 Å². The van der Waals surface area contributed by atoms with E-state index in [1.807, 2.05) is 24.7 Å². The van der Waals surface area contributed by atoms with Crippen LogP contribution >= 0.6 is 0 Å². The predicted molar refractivity (Wildman–Crippen MR) is 79.7 cm³/mol. The lowest BCUT2D eigenvalue weighted by atomic mass is 10.2. The summed E-state index contributed by atoms with van der Waals surface area (Å²) in [6, 6.07) is 6.21. The van der Waals surface area contributed by atoms with Gasteiger partial charge in [-0.3, -0.25) is 9.55 Å². The van der Waals surface area contributed by atoms with Crippen molar-refractivity contribution in [1.82, 2.24) is 19.1 Å². The molecule has 0 N–H and O–H groups in total. The van der Waals surface area contributed by atoms with E-state index >= 15 is 0 Å². The Hall–Kier alpha value is -2.69. The van der Waals surface area contributed by atoms with Crippen molar-refractivity contribution in [2.75, 3.05) is 0 Å². The van der Waals surface area contributed by atoms with Crippen molar-refractivity contribution < 1.29 is 4.57 Å². The zero-order valence-corrected chi connectivity index (χ0v) is 11.9. The molecule has 102 valence electrons. The third-order valence-electron chi connectivity index (χ3n) is 4.54. The second kappa shape index (κ2) is 3.49. The molecule has 0 bridgehead atoms. The molecule has 5 heteroatoms. The highest BCUT2D eigenvalue weighted by Gasteiger charge is 2.34. The first-order chi connectivity index (χ1) is 10.3. The Bertz CT molecular complexity index is 1040. The smallest absolute Gasteiger partial charge is 0.264 e. The highest BCUT2D eigenvalue weighted by Crippen LogP contribution is 2.35. The summed E-state index contributed by atoms with van der Waals surface area (Å²) < 4.78 is 6.85. The van der Waals surface area contributed by atoms with Crippen molar-refractivity contribution in [3.8, 4) is 11.4 Å². The summed E-state index contributed by atoms with van der Waals surface area (Å²) in [7, 11) is 4.23. The average molecular weight is 276 g/mol. The van der Waals surface area contributed by atoms with Gasteiger partial charge in [-0.1, -0.05) is 0 Å². The van der Waals surface area contributed by atoms with Gasteiger partial charge in [-0.05, 0) is 18.2 Å².